The molecule has 1 aliphatic heterocycles. The van der Waals surface area contributed by atoms with E-state index >= 15 is 0 Å². The fraction of sp³-hybridized carbons (Fsp3) is 0.222. The number of halogens is 3. The van der Waals surface area contributed by atoms with Gasteiger partial charge in [-0.2, -0.15) is 0 Å². The SMILES string of the molecule is O=C(c1ccc2nccnc2n1)N1CCO[C@@H](c2cc(F)c(Cl)cc2Cl)C1. The second-order valence-corrected chi connectivity index (χ2v) is 6.81. The Bertz CT molecular complexity index is 1030. The first kappa shape index (κ1) is 18.0. The zero-order valence-electron chi connectivity index (χ0n) is 13.9. The summed E-state index contributed by atoms with van der Waals surface area (Å²) in [6.07, 6.45) is 2.53. The summed E-state index contributed by atoms with van der Waals surface area (Å²) in [5.41, 5.74) is 1.72. The number of rotatable bonds is 2. The third-order valence-corrected chi connectivity index (χ3v) is 4.91. The molecular weight excluding hydrogens is 394 g/mol. The number of aromatic nitrogens is 3. The number of carbonyl (C=O) groups is 1. The van der Waals surface area contributed by atoms with Gasteiger partial charge >= 0.3 is 0 Å². The van der Waals surface area contributed by atoms with Crippen molar-refractivity contribution in [2.75, 3.05) is 19.7 Å². The van der Waals surface area contributed by atoms with Gasteiger partial charge in [0.1, 0.15) is 23.1 Å². The van der Waals surface area contributed by atoms with Crippen LogP contribution in [0.5, 0.6) is 0 Å². The van der Waals surface area contributed by atoms with Crippen LogP contribution >= 0.6 is 23.2 Å². The molecule has 0 unspecified atom stereocenters. The maximum absolute atomic E-state index is 13.8. The van der Waals surface area contributed by atoms with Gasteiger partial charge in [0.25, 0.3) is 5.91 Å². The number of pyridine rings is 1. The highest BCUT2D eigenvalue weighted by molar-refractivity contribution is 6.35. The Morgan fingerprint density at radius 2 is 2.00 bits per heavy atom. The summed E-state index contributed by atoms with van der Waals surface area (Å²) < 4.78 is 19.5. The number of hydrogen-bond acceptors (Lipinski definition) is 5. The summed E-state index contributed by atoms with van der Waals surface area (Å²) in [6, 6.07) is 5.89. The van der Waals surface area contributed by atoms with Crippen molar-refractivity contribution in [2.45, 2.75) is 6.10 Å². The van der Waals surface area contributed by atoms with Gasteiger partial charge in [-0.25, -0.2) is 14.4 Å². The summed E-state index contributed by atoms with van der Waals surface area (Å²) in [5, 5.41) is 0.230. The van der Waals surface area contributed by atoms with Gasteiger partial charge in [-0.1, -0.05) is 23.2 Å². The van der Waals surface area contributed by atoms with Gasteiger partial charge in [0.2, 0.25) is 0 Å². The molecule has 1 fully saturated rings. The Morgan fingerprint density at radius 1 is 1.19 bits per heavy atom. The highest BCUT2D eigenvalue weighted by Gasteiger charge is 2.29. The molecule has 9 heteroatoms. The third-order valence-electron chi connectivity index (χ3n) is 4.29. The minimum absolute atomic E-state index is 0.0611. The lowest BCUT2D eigenvalue weighted by Crippen LogP contribution is -2.42. The number of amides is 1. The monoisotopic (exact) mass is 406 g/mol. The van der Waals surface area contributed by atoms with Gasteiger partial charge < -0.3 is 9.64 Å². The fourth-order valence-electron chi connectivity index (χ4n) is 2.94. The molecule has 0 aliphatic carbocycles. The quantitative estimate of drug-likeness (QED) is 0.607. The van der Waals surface area contributed by atoms with E-state index in [0.717, 1.165) is 0 Å². The van der Waals surface area contributed by atoms with E-state index in [1.165, 1.54) is 18.3 Å². The molecule has 0 saturated carbocycles. The molecule has 1 amide bonds. The summed E-state index contributed by atoms with van der Waals surface area (Å²) in [5.74, 6) is -0.848. The highest BCUT2D eigenvalue weighted by atomic mass is 35.5. The van der Waals surface area contributed by atoms with Crippen LogP contribution in [0.4, 0.5) is 4.39 Å². The predicted octanol–water partition coefficient (Wildman–Crippen LogP) is 3.68. The number of morpholine rings is 1. The second-order valence-electron chi connectivity index (χ2n) is 5.99. The number of carbonyl (C=O) groups excluding carboxylic acids is 1. The van der Waals surface area contributed by atoms with E-state index in [9.17, 15) is 9.18 Å². The van der Waals surface area contributed by atoms with Crippen LogP contribution in [0.15, 0.2) is 36.7 Å². The van der Waals surface area contributed by atoms with Crippen LogP contribution in [0.2, 0.25) is 10.0 Å². The molecule has 1 aromatic carbocycles. The van der Waals surface area contributed by atoms with Crippen molar-refractivity contribution in [3.8, 4) is 0 Å². The lowest BCUT2D eigenvalue weighted by molar-refractivity contribution is -0.0230. The van der Waals surface area contributed by atoms with Gasteiger partial charge in [-0.3, -0.25) is 9.78 Å². The number of hydrogen-bond donors (Lipinski definition) is 0. The number of nitrogens with zero attached hydrogens (tertiary/aromatic N) is 4. The normalized spacial score (nSPS) is 17.3. The number of benzene rings is 1. The van der Waals surface area contributed by atoms with Crippen molar-refractivity contribution in [3.63, 3.8) is 0 Å². The van der Waals surface area contributed by atoms with Gasteiger partial charge in [-0.15, -0.1) is 0 Å². The molecule has 3 aromatic rings. The van der Waals surface area contributed by atoms with Crippen LogP contribution in [0.25, 0.3) is 11.2 Å². The summed E-state index contributed by atoms with van der Waals surface area (Å²) >= 11 is 11.9. The Balaban J connectivity index is 1.58. The van der Waals surface area contributed by atoms with Crippen molar-refractivity contribution in [3.05, 3.63) is 63.8 Å². The molecule has 2 aromatic heterocycles. The zero-order chi connectivity index (χ0) is 19.0. The average Bonchev–Trinajstić information content (AvgIpc) is 2.70. The Labute approximate surface area is 163 Å². The van der Waals surface area contributed by atoms with Crippen LogP contribution in [-0.2, 0) is 4.74 Å². The molecule has 1 aliphatic rings. The molecule has 0 radical (unpaired) electrons. The second kappa shape index (κ2) is 7.34. The molecule has 4 rings (SSSR count). The van der Waals surface area contributed by atoms with Crippen LogP contribution in [0.1, 0.15) is 22.2 Å². The lowest BCUT2D eigenvalue weighted by Gasteiger charge is -2.33. The maximum Gasteiger partial charge on any atom is 0.272 e. The molecule has 0 spiro atoms. The Hall–Kier alpha value is -2.35. The van der Waals surface area contributed by atoms with E-state index in [0.29, 0.717) is 34.9 Å². The summed E-state index contributed by atoms with van der Waals surface area (Å²) in [4.78, 5) is 27.0. The first-order valence-corrected chi connectivity index (χ1v) is 8.91. The van der Waals surface area contributed by atoms with Gasteiger partial charge in [-0.05, 0) is 24.3 Å². The standard InChI is InChI=1S/C18H13Cl2FN4O2/c19-11-8-12(20)13(21)7-10(11)16-9-25(5-6-27-16)18(26)15-2-1-14-17(24-15)23-4-3-22-14/h1-4,7-8,16H,5-6,9H2/t16-/m1/s1. The Kier molecular flexibility index (Phi) is 4.90. The molecule has 3 heterocycles. The van der Waals surface area contributed by atoms with E-state index in [1.807, 2.05) is 0 Å². The average molecular weight is 407 g/mol. The maximum atomic E-state index is 13.8. The van der Waals surface area contributed by atoms with Gasteiger partial charge in [0, 0.05) is 29.5 Å². The molecule has 138 valence electrons. The smallest absolute Gasteiger partial charge is 0.272 e. The van der Waals surface area contributed by atoms with Gasteiger partial charge in [0.15, 0.2) is 5.65 Å². The van der Waals surface area contributed by atoms with E-state index in [1.54, 1.807) is 23.2 Å². The number of fused-ring (bicyclic) bond motifs is 1. The van der Waals surface area contributed by atoms with Crippen molar-refractivity contribution in [1.82, 2.24) is 19.9 Å². The van der Waals surface area contributed by atoms with Crippen LogP contribution < -0.4 is 0 Å². The molecule has 0 N–H and O–H groups in total. The summed E-state index contributed by atoms with van der Waals surface area (Å²) in [7, 11) is 0. The molecule has 6 nitrogen and oxygen atoms in total. The first-order chi connectivity index (χ1) is 13.0. The van der Waals surface area contributed by atoms with Crippen molar-refractivity contribution in [1.29, 1.82) is 0 Å². The minimum Gasteiger partial charge on any atom is -0.370 e. The van der Waals surface area contributed by atoms with E-state index in [4.69, 9.17) is 27.9 Å². The zero-order valence-corrected chi connectivity index (χ0v) is 15.4. The molecule has 0 bridgehead atoms. The topological polar surface area (TPSA) is 68.2 Å². The Morgan fingerprint density at radius 3 is 2.85 bits per heavy atom. The largest absolute Gasteiger partial charge is 0.370 e. The van der Waals surface area contributed by atoms with Crippen molar-refractivity contribution in [2.24, 2.45) is 0 Å². The highest BCUT2D eigenvalue weighted by Crippen LogP contribution is 2.32. The third kappa shape index (κ3) is 3.58. The first-order valence-electron chi connectivity index (χ1n) is 8.16. The van der Waals surface area contributed by atoms with Gasteiger partial charge in [0.05, 0.1) is 18.2 Å². The van der Waals surface area contributed by atoms with E-state index < -0.39 is 11.9 Å². The van der Waals surface area contributed by atoms with Crippen LogP contribution in [0.3, 0.4) is 0 Å². The molecular formula is C18H13Cl2FN4O2. The predicted molar refractivity (Wildman–Crippen MR) is 98.3 cm³/mol. The van der Waals surface area contributed by atoms with Crippen molar-refractivity contribution < 1.29 is 13.9 Å². The molecule has 1 saturated heterocycles. The van der Waals surface area contributed by atoms with Crippen LogP contribution in [-0.4, -0.2) is 45.5 Å². The van der Waals surface area contributed by atoms with E-state index in [2.05, 4.69) is 15.0 Å². The summed E-state index contributed by atoms with van der Waals surface area (Å²) in [6.45, 7) is 0.910. The fourth-order valence-corrected chi connectivity index (χ4v) is 3.45. The minimum atomic E-state index is -0.585. The van der Waals surface area contributed by atoms with Crippen LogP contribution in [0, 0.1) is 5.82 Å². The van der Waals surface area contributed by atoms with E-state index in [-0.39, 0.29) is 23.2 Å². The lowest BCUT2D eigenvalue weighted by atomic mass is 10.1. The number of ether oxygens (including phenoxy) is 1. The molecule has 27 heavy (non-hydrogen) atoms. The van der Waals surface area contributed by atoms with Crippen molar-refractivity contribution >= 4 is 40.3 Å². The molecule has 1 atom stereocenters.